The van der Waals surface area contributed by atoms with Crippen molar-refractivity contribution in [3.63, 3.8) is 0 Å². The van der Waals surface area contributed by atoms with Gasteiger partial charge in [0.15, 0.2) is 0 Å². The van der Waals surface area contributed by atoms with Crippen LogP contribution in [0.1, 0.15) is 6.92 Å². The Hall–Kier alpha value is -0.970. The summed E-state index contributed by atoms with van der Waals surface area (Å²) in [6.45, 7) is 2.34. The molecule has 0 atom stereocenters. The van der Waals surface area contributed by atoms with Crippen molar-refractivity contribution in [1.82, 2.24) is 5.32 Å². The smallest absolute Gasteiger partial charge is 0.243 e. The summed E-state index contributed by atoms with van der Waals surface area (Å²) in [6.07, 6.45) is 3.13. The summed E-state index contributed by atoms with van der Waals surface area (Å²) in [7, 11) is 0. The number of hydrogen-bond donors (Lipinski definition) is 2. The first-order chi connectivity index (χ1) is 6.16. The lowest BCUT2D eigenvalue weighted by atomic mass is 10.5. The zero-order chi connectivity index (χ0) is 10.1. The van der Waals surface area contributed by atoms with Crippen LogP contribution in [-0.2, 0) is 9.59 Å². The van der Waals surface area contributed by atoms with E-state index in [4.69, 9.17) is 5.73 Å². The fraction of sp³-hybridized carbons (Fsp3) is 0.500. The highest BCUT2D eigenvalue weighted by atomic mass is 32.2. The monoisotopic (exact) mass is 202 g/mol. The third-order valence-corrected chi connectivity index (χ3v) is 2.09. The lowest BCUT2D eigenvalue weighted by molar-refractivity contribution is -0.116. The summed E-state index contributed by atoms with van der Waals surface area (Å²) < 4.78 is 0. The number of nitrogens with two attached hydrogens (primary N) is 1. The Balaban J connectivity index is 3.25. The van der Waals surface area contributed by atoms with Gasteiger partial charge < -0.3 is 11.1 Å². The van der Waals surface area contributed by atoms with Gasteiger partial charge in [-0.3, -0.25) is 9.59 Å². The number of amides is 2. The molecule has 0 unspecified atom stereocenters. The van der Waals surface area contributed by atoms with E-state index in [1.165, 1.54) is 17.8 Å². The standard InChI is InChI=1S/C8H14N2O2S/c1-2-3-8(12)10-4-5-13-6-7(9)11/h2-3H,4-6H2,1H3,(H2,9,11)(H,10,12)/b3-2+. The van der Waals surface area contributed by atoms with E-state index in [-0.39, 0.29) is 11.8 Å². The maximum absolute atomic E-state index is 10.8. The van der Waals surface area contributed by atoms with Gasteiger partial charge in [-0.2, -0.15) is 11.8 Å². The van der Waals surface area contributed by atoms with Gasteiger partial charge in [0.05, 0.1) is 5.75 Å². The van der Waals surface area contributed by atoms with Gasteiger partial charge in [0.2, 0.25) is 11.8 Å². The maximum Gasteiger partial charge on any atom is 0.243 e. The third-order valence-electron chi connectivity index (χ3n) is 1.11. The largest absolute Gasteiger partial charge is 0.369 e. The summed E-state index contributed by atoms with van der Waals surface area (Å²) in [6, 6.07) is 0. The Labute approximate surface area is 81.9 Å². The number of carbonyl (C=O) groups excluding carboxylic acids is 2. The second-order valence-electron chi connectivity index (χ2n) is 2.31. The number of hydrogen-bond acceptors (Lipinski definition) is 3. The van der Waals surface area contributed by atoms with Crippen molar-refractivity contribution in [2.45, 2.75) is 6.92 Å². The van der Waals surface area contributed by atoms with Crippen LogP contribution in [0.3, 0.4) is 0 Å². The molecule has 5 heteroatoms. The maximum atomic E-state index is 10.8. The zero-order valence-corrected chi connectivity index (χ0v) is 8.39. The number of allylic oxidation sites excluding steroid dienone is 1. The van der Waals surface area contributed by atoms with E-state index in [2.05, 4.69) is 5.32 Å². The quantitative estimate of drug-likeness (QED) is 0.466. The molecular weight excluding hydrogens is 188 g/mol. The average Bonchev–Trinajstić information content (AvgIpc) is 2.03. The molecular formula is C8H14N2O2S. The van der Waals surface area contributed by atoms with E-state index < -0.39 is 0 Å². The average molecular weight is 202 g/mol. The van der Waals surface area contributed by atoms with E-state index in [0.29, 0.717) is 18.1 Å². The van der Waals surface area contributed by atoms with Crippen molar-refractivity contribution >= 4 is 23.6 Å². The van der Waals surface area contributed by atoms with Crippen LogP contribution in [-0.4, -0.2) is 29.9 Å². The van der Waals surface area contributed by atoms with Crippen LogP contribution in [0.5, 0.6) is 0 Å². The topological polar surface area (TPSA) is 72.2 Å². The number of primary amides is 1. The Morgan fingerprint density at radius 3 is 2.77 bits per heavy atom. The molecule has 0 aromatic rings. The van der Waals surface area contributed by atoms with E-state index in [0.717, 1.165) is 0 Å². The van der Waals surface area contributed by atoms with Crippen LogP contribution in [0.2, 0.25) is 0 Å². The molecule has 4 nitrogen and oxygen atoms in total. The zero-order valence-electron chi connectivity index (χ0n) is 7.58. The van der Waals surface area contributed by atoms with Gasteiger partial charge in [-0.1, -0.05) is 6.08 Å². The van der Waals surface area contributed by atoms with Crippen LogP contribution in [0.15, 0.2) is 12.2 Å². The molecule has 0 aromatic carbocycles. The minimum absolute atomic E-state index is 0.109. The van der Waals surface area contributed by atoms with Crippen LogP contribution in [0.4, 0.5) is 0 Å². The van der Waals surface area contributed by atoms with Crippen molar-refractivity contribution < 1.29 is 9.59 Å². The lowest BCUT2D eigenvalue weighted by Gasteiger charge is -2.00. The molecule has 0 spiro atoms. The van der Waals surface area contributed by atoms with Gasteiger partial charge in [-0.05, 0) is 13.0 Å². The molecule has 3 N–H and O–H groups in total. The molecule has 0 bridgehead atoms. The number of thioether (sulfide) groups is 1. The molecule has 0 aliphatic heterocycles. The van der Waals surface area contributed by atoms with Crippen LogP contribution >= 0.6 is 11.8 Å². The highest BCUT2D eigenvalue weighted by Crippen LogP contribution is 1.95. The van der Waals surface area contributed by atoms with Crippen LogP contribution < -0.4 is 11.1 Å². The van der Waals surface area contributed by atoms with E-state index in [1.54, 1.807) is 13.0 Å². The van der Waals surface area contributed by atoms with Crippen molar-refractivity contribution in [3.05, 3.63) is 12.2 Å². The Bertz CT molecular complexity index is 204. The SMILES string of the molecule is C/C=C/C(=O)NCCSCC(N)=O. The highest BCUT2D eigenvalue weighted by Gasteiger charge is 1.95. The normalized spacial score (nSPS) is 10.2. The molecule has 0 aliphatic carbocycles. The molecule has 0 rings (SSSR count). The van der Waals surface area contributed by atoms with Gasteiger partial charge in [0.1, 0.15) is 0 Å². The molecule has 0 saturated heterocycles. The number of rotatable bonds is 6. The minimum Gasteiger partial charge on any atom is -0.369 e. The Morgan fingerprint density at radius 1 is 1.54 bits per heavy atom. The third kappa shape index (κ3) is 8.94. The first-order valence-electron chi connectivity index (χ1n) is 3.93. The summed E-state index contributed by atoms with van der Waals surface area (Å²) >= 11 is 1.41. The van der Waals surface area contributed by atoms with E-state index >= 15 is 0 Å². The van der Waals surface area contributed by atoms with Crippen LogP contribution in [0, 0.1) is 0 Å². The molecule has 13 heavy (non-hydrogen) atoms. The molecule has 74 valence electrons. The first-order valence-corrected chi connectivity index (χ1v) is 5.09. The van der Waals surface area contributed by atoms with Gasteiger partial charge in [-0.15, -0.1) is 0 Å². The van der Waals surface area contributed by atoms with Gasteiger partial charge in [0, 0.05) is 12.3 Å². The van der Waals surface area contributed by atoms with Crippen molar-refractivity contribution in [1.29, 1.82) is 0 Å². The molecule has 0 saturated carbocycles. The predicted octanol–water partition coefficient (Wildman–Crippen LogP) is -0.103. The molecule has 0 aliphatic rings. The summed E-state index contributed by atoms with van der Waals surface area (Å²) in [5.74, 6) is 0.568. The van der Waals surface area contributed by atoms with Gasteiger partial charge in [-0.25, -0.2) is 0 Å². The molecule has 2 amide bonds. The van der Waals surface area contributed by atoms with Crippen molar-refractivity contribution in [2.75, 3.05) is 18.1 Å². The fourth-order valence-corrected chi connectivity index (χ4v) is 1.22. The second kappa shape index (κ2) is 7.67. The van der Waals surface area contributed by atoms with Crippen LogP contribution in [0.25, 0.3) is 0 Å². The van der Waals surface area contributed by atoms with Gasteiger partial charge >= 0.3 is 0 Å². The van der Waals surface area contributed by atoms with Crippen molar-refractivity contribution in [3.8, 4) is 0 Å². The number of nitrogens with one attached hydrogen (secondary N) is 1. The molecule has 0 fully saturated rings. The number of carbonyl (C=O) groups is 2. The van der Waals surface area contributed by atoms with Crippen molar-refractivity contribution in [2.24, 2.45) is 5.73 Å². The summed E-state index contributed by atoms with van der Waals surface area (Å²) in [5, 5.41) is 2.66. The minimum atomic E-state index is -0.329. The first kappa shape index (κ1) is 12.0. The lowest BCUT2D eigenvalue weighted by Crippen LogP contribution is -2.24. The summed E-state index contributed by atoms with van der Waals surface area (Å²) in [5.41, 5.74) is 4.92. The predicted molar refractivity (Wildman–Crippen MR) is 54.3 cm³/mol. The second-order valence-corrected chi connectivity index (χ2v) is 3.42. The Kier molecular flexibility index (Phi) is 7.10. The Morgan fingerprint density at radius 2 is 2.23 bits per heavy atom. The summed E-state index contributed by atoms with van der Waals surface area (Å²) in [4.78, 5) is 21.1. The van der Waals surface area contributed by atoms with Gasteiger partial charge in [0.25, 0.3) is 0 Å². The molecule has 0 radical (unpaired) electrons. The van der Waals surface area contributed by atoms with E-state index in [9.17, 15) is 9.59 Å². The molecule has 0 aromatic heterocycles. The van der Waals surface area contributed by atoms with E-state index in [1.807, 2.05) is 0 Å². The fourth-order valence-electron chi connectivity index (χ4n) is 0.629. The highest BCUT2D eigenvalue weighted by molar-refractivity contribution is 7.99. The molecule has 0 heterocycles.